The number of hydrogen-bond donors (Lipinski definition) is 2. The van der Waals surface area contributed by atoms with E-state index in [1.165, 1.54) is 0 Å². The van der Waals surface area contributed by atoms with Gasteiger partial charge in [-0.25, -0.2) is 4.79 Å². The Balaban J connectivity index is 0.000000162. The number of amides is 2. The van der Waals surface area contributed by atoms with Crippen molar-refractivity contribution in [1.82, 2.24) is 5.32 Å². The third kappa shape index (κ3) is 4.12. The third-order valence-electron chi connectivity index (χ3n) is 1.66. The number of carbonyl (C=O) groups is 2. The van der Waals surface area contributed by atoms with E-state index in [2.05, 4.69) is 10.1 Å². The average molecular weight is 208 g/mol. The highest BCUT2D eigenvalue weighted by molar-refractivity contribution is 5.92. The van der Waals surface area contributed by atoms with Crippen LogP contribution in [0, 0.1) is 0 Å². The molecule has 2 rings (SSSR count). The molecule has 1 aliphatic heterocycles. The SMILES string of the molecule is NC(=O)c1ccccc1.O=C1NCCO1. The molecule has 0 atom stereocenters. The quantitative estimate of drug-likeness (QED) is 0.705. The predicted molar refractivity (Wildman–Crippen MR) is 54.3 cm³/mol. The fraction of sp³-hybridized carbons (Fsp3) is 0.200. The van der Waals surface area contributed by atoms with E-state index in [4.69, 9.17) is 5.73 Å². The molecule has 15 heavy (non-hydrogen) atoms. The summed E-state index contributed by atoms with van der Waals surface area (Å²) in [6, 6.07) is 8.76. The molecule has 0 spiro atoms. The molecule has 1 aliphatic rings. The van der Waals surface area contributed by atoms with Crippen molar-refractivity contribution in [2.75, 3.05) is 13.2 Å². The molecule has 5 heteroatoms. The molecule has 0 bridgehead atoms. The summed E-state index contributed by atoms with van der Waals surface area (Å²) in [6.07, 6.45) is -0.296. The van der Waals surface area contributed by atoms with E-state index in [9.17, 15) is 9.59 Å². The molecule has 1 fully saturated rings. The fourth-order valence-corrected chi connectivity index (χ4v) is 0.950. The molecule has 1 aromatic rings. The highest BCUT2D eigenvalue weighted by Crippen LogP contribution is 1.94. The van der Waals surface area contributed by atoms with Crippen LogP contribution < -0.4 is 11.1 Å². The zero-order chi connectivity index (χ0) is 11.1. The highest BCUT2D eigenvalue weighted by atomic mass is 16.6. The number of ether oxygens (including phenoxy) is 1. The normalized spacial score (nSPS) is 13.2. The maximum atomic E-state index is 10.4. The number of primary amides is 1. The van der Waals surface area contributed by atoms with Crippen LogP contribution in [-0.4, -0.2) is 25.2 Å². The van der Waals surface area contributed by atoms with E-state index in [1.54, 1.807) is 24.3 Å². The number of rotatable bonds is 1. The first-order valence-corrected chi connectivity index (χ1v) is 4.45. The Morgan fingerprint density at radius 1 is 1.33 bits per heavy atom. The van der Waals surface area contributed by atoms with Crippen molar-refractivity contribution < 1.29 is 14.3 Å². The standard InChI is InChI=1S/C7H7NO.C3H5NO2/c8-7(9)6-4-2-1-3-5-6;5-3-4-1-2-6-3/h1-5H,(H2,8,9);1-2H2,(H,4,5). The second kappa shape index (κ2) is 5.64. The van der Waals surface area contributed by atoms with Gasteiger partial charge in [0, 0.05) is 5.56 Å². The lowest BCUT2D eigenvalue weighted by Gasteiger charge is -1.89. The molecular weight excluding hydrogens is 196 g/mol. The van der Waals surface area contributed by atoms with E-state index in [0.29, 0.717) is 18.7 Å². The van der Waals surface area contributed by atoms with Crippen LogP contribution in [0.3, 0.4) is 0 Å². The van der Waals surface area contributed by atoms with E-state index >= 15 is 0 Å². The summed E-state index contributed by atoms with van der Waals surface area (Å²) < 4.78 is 4.40. The Morgan fingerprint density at radius 2 is 2.00 bits per heavy atom. The molecule has 0 saturated carbocycles. The summed E-state index contributed by atoms with van der Waals surface area (Å²) in [4.78, 5) is 20.3. The molecule has 1 saturated heterocycles. The van der Waals surface area contributed by atoms with Crippen LogP contribution in [0.15, 0.2) is 30.3 Å². The van der Waals surface area contributed by atoms with Crippen molar-refractivity contribution in [3.8, 4) is 0 Å². The van der Waals surface area contributed by atoms with Gasteiger partial charge in [-0.3, -0.25) is 4.79 Å². The van der Waals surface area contributed by atoms with Crippen molar-refractivity contribution in [1.29, 1.82) is 0 Å². The smallest absolute Gasteiger partial charge is 0.407 e. The summed E-state index contributed by atoms with van der Waals surface area (Å²) >= 11 is 0. The maximum absolute atomic E-state index is 10.4. The lowest BCUT2D eigenvalue weighted by Crippen LogP contribution is -2.11. The van der Waals surface area contributed by atoms with E-state index in [0.717, 1.165) is 0 Å². The first-order chi connectivity index (χ1) is 7.20. The Morgan fingerprint density at radius 3 is 2.27 bits per heavy atom. The van der Waals surface area contributed by atoms with Crippen molar-refractivity contribution in [3.05, 3.63) is 35.9 Å². The number of benzene rings is 1. The van der Waals surface area contributed by atoms with Gasteiger partial charge >= 0.3 is 6.09 Å². The molecule has 0 aromatic heterocycles. The number of carbonyl (C=O) groups excluding carboxylic acids is 2. The lowest BCUT2D eigenvalue weighted by atomic mass is 10.2. The summed E-state index contributed by atoms with van der Waals surface area (Å²) in [5.41, 5.74) is 5.53. The lowest BCUT2D eigenvalue weighted by molar-refractivity contribution is 0.1000. The summed E-state index contributed by atoms with van der Waals surface area (Å²) in [7, 11) is 0. The van der Waals surface area contributed by atoms with Gasteiger partial charge in [-0.05, 0) is 12.1 Å². The van der Waals surface area contributed by atoms with Gasteiger partial charge in [0.1, 0.15) is 6.61 Å². The third-order valence-corrected chi connectivity index (χ3v) is 1.66. The van der Waals surface area contributed by atoms with Crippen LogP contribution in [0.25, 0.3) is 0 Å². The second-order valence-electron chi connectivity index (χ2n) is 2.79. The van der Waals surface area contributed by atoms with Gasteiger partial charge in [0.15, 0.2) is 0 Å². The summed E-state index contributed by atoms with van der Waals surface area (Å²) in [6.45, 7) is 1.19. The molecule has 5 nitrogen and oxygen atoms in total. The van der Waals surface area contributed by atoms with E-state index < -0.39 is 0 Å². The maximum Gasteiger partial charge on any atom is 0.407 e. The Hall–Kier alpha value is -2.04. The van der Waals surface area contributed by atoms with Crippen LogP contribution in [0.2, 0.25) is 0 Å². The first-order valence-electron chi connectivity index (χ1n) is 4.45. The van der Waals surface area contributed by atoms with Crippen LogP contribution in [-0.2, 0) is 4.74 Å². The van der Waals surface area contributed by atoms with Gasteiger partial charge in [0.05, 0.1) is 6.54 Å². The Kier molecular flexibility index (Phi) is 4.15. The second-order valence-corrected chi connectivity index (χ2v) is 2.79. The zero-order valence-corrected chi connectivity index (χ0v) is 8.10. The van der Waals surface area contributed by atoms with Gasteiger partial charge in [-0.1, -0.05) is 18.2 Å². The van der Waals surface area contributed by atoms with Crippen LogP contribution in [0.5, 0.6) is 0 Å². The molecular formula is C10H12N2O3. The molecule has 3 N–H and O–H groups in total. The highest BCUT2D eigenvalue weighted by Gasteiger charge is 2.06. The van der Waals surface area contributed by atoms with Gasteiger partial charge < -0.3 is 15.8 Å². The average Bonchev–Trinajstić information content (AvgIpc) is 2.71. The van der Waals surface area contributed by atoms with Gasteiger partial charge in [-0.2, -0.15) is 0 Å². The molecule has 0 unspecified atom stereocenters. The number of alkyl carbamates (subject to hydrolysis) is 1. The molecule has 0 aliphatic carbocycles. The number of nitrogens with two attached hydrogens (primary N) is 1. The van der Waals surface area contributed by atoms with E-state index in [1.807, 2.05) is 6.07 Å². The minimum atomic E-state index is -0.379. The molecule has 80 valence electrons. The van der Waals surface area contributed by atoms with Gasteiger partial charge in [-0.15, -0.1) is 0 Å². The number of nitrogens with one attached hydrogen (secondary N) is 1. The Bertz CT molecular complexity index is 330. The largest absolute Gasteiger partial charge is 0.448 e. The minimum Gasteiger partial charge on any atom is -0.448 e. The van der Waals surface area contributed by atoms with Crippen molar-refractivity contribution in [3.63, 3.8) is 0 Å². The molecule has 2 amide bonds. The van der Waals surface area contributed by atoms with Gasteiger partial charge in [0.25, 0.3) is 0 Å². The number of hydrogen-bond acceptors (Lipinski definition) is 3. The Labute approximate surface area is 87.2 Å². The van der Waals surface area contributed by atoms with Crippen molar-refractivity contribution in [2.45, 2.75) is 0 Å². The summed E-state index contributed by atoms with van der Waals surface area (Å²) in [5, 5.41) is 2.46. The molecule has 1 aromatic carbocycles. The van der Waals surface area contributed by atoms with Crippen LogP contribution in [0.4, 0.5) is 4.79 Å². The predicted octanol–water partition coefficient (Wildman–Crippen LogP) is 0.512. The monoisotopic (exact) mass is 208 g/mol. The van der Waals surface area contributed by atoms with Crippen molar-refractivity contribution >= 4 is 12.0 Å². The van der Waals surface area contributed by atoms with Crippen LogP contribution >= 0.6 is 0 Å². The first kappa shape index (κ1) is 11.0. The van der Waals surface area contributed by atoms with Crippen LogP contribution in [0.1, 0.15) is 10.4 Å². The summed E-state index contributed by atoms with van der Waals surface area (Å²) in [5.74, 6) is -0.379. The molecule has 1 heterocycles. The van der Waals surface area contributed by atoms with E-state index in [-0.39, 0.29) is 12.0 Å². The topological polar surface area (TPSA) is 81.4 Å². The van der Waals surface area contributed by atoms with Crippen molar-refractivity contribution in [2.24, 2.45) is 5.73 Å². The molecule has 0 radical (unpaired) electrons. The minimum absolute atomic E-state index is 0.296. The number of cyclic esters (lactones) is 1. The van der Waals surface area contributed by atoms with Gasteiger partial charge in [0.2, 0.25) is 5.91 Å². The zero-order valence-electron chi connectivity index (χ0n) is 8.10. The fourth-order valence-electron chi connectivity index (χ4n) is 0.950.